The number of hydrogen-bond acceptors (Lipinski definition) is 6. The lowest BCUT2D eigenvalue weighted by molar-refractivity contribution is -0.185. The third kappa shape index (κ3) is 4.91. The van der Waals surface area contributed by atoms with Crippen LogP contribution in [0.2, 0.25) is 10.0 Å². The summed E-state index contributed by atoms with van der Waals surface area (Å²) in [6.07, 6.45) is -0.585. The van der Waals surface area contributed by atoms with Crippen molar-refractivity contribution in [1.82, 2.24) is 15.1 Å². The van der Waals surface area contributed by atoms with Gasteiger partial charge in [-0.3, -0.25) is 9.59 Å². The van der Waals surface area contributed by atoms with Crippen molar-refractivity contribution in [1.29, 1.82) is 0 Å². The topological polar surface area (TPSA) is 106 Å². The van der Waals surface area contributed by atoms with Crippen LogP contribution >= 0.6 is 23.2 Å². The number of aromatic nitrogens is 2. The van der Waals surface area contributed by atoms with Crippen LogP contribution in [0.25, 0.3) is 0 Å². The summed E-state index contributed by atoms with van der Waals surface area (Å²) in [4.78, 5) is 27.3. The molecule has 1 saturated carbocycles. The highest BCUT2D eigenvalue weighted by Gasteiger charge is 2.52. The summed E-state index contributed by atoms with van der Waals surface area (Å²) in [6.45, 7) is 1.69. The molecule has 5 rings (SSSR count). The number of carbonyl (C=O) groups is 2. The van der Waals surface area contributed by atoms with E-state index in [1.807, 2.05) is 18.2 Å². The van der Waals surface area contributed by atoms with Crippen molar-refractivity contribution in [2.75, 3.05) is 0 Å². The van der Waals surface area contributed by atoms with Gasteiger partial charge in [0.05, 0.1) is 12.5 Å². The van der Waals surface area contributed by atoms with E-state index in [4.69, 9.17) is 32.4 Å². The number of hydrogen-bond donors (Lipinski definition) is 1. The minimum atomic E-state index is -1.19. The normalized spacial score (nSPS) is 23.3. The average molecular weight is 516 g/mol. The minimum absolute atomic E-state index is 0.109. The van der Waals surface area contributed by atoms with Crippen molar-refractivity contribution < 1.29 is 23.8 Å². The largest absolute Gasteiger partial charge is 0.481 e. The van der Waals surface area contributed by atoms with Gasteiger partial charge in [0, 0.05) is 17.0 Å². The van der Waals surface area contributed by atoms with E-state index in [0.717, 1.165) is 24.0 Å². The highest BCUT2D eigenvalue weighted by atomic mass is 35.5. The van der Waals surface area contributed by atoms with Crippen molar-refractivity contribution in [3.05, 3.63) is 81.5 Å². The second-order valence-electron chi connectivity index (χ2n) is 8.88. The van der Waals surface area contributed by atoms with Crippen LogP contribution in [-0.2, 0) is 14.3 Å². The molecule has 0 radical (unpaired) electrons. The summed E-state index contributed by atoms with van der Waals surface area (Å²) in [5, 5.41) is 18.8. The summed E-state index contributed by atoms with van der Waals surface area (Å²) in [6, 6.07) is 13.2. The smallest absolute Gasteiger partial charge is 0.306 e. The van der Waals surface area contributed by atoms with Gasteiger partial charge >= 0.3 is 5.97 Å². The molecule has 35 heavy (non-hydrogen) atoms. The van der Waals surface area contributed by atoms with Crippen molar-refractivity contribution >= 4 is 35.1 Å². The van der Waals surface area contributed by atoms with Gasteiger partial charge in [-0.15, -0.1) is 10.2 Å². The highest BCUT2D eigenvalue weighted by molar-refractivity contribution is 6.30. The van der Waals surface area contributed by atoms with E-state index < -0.39 is 42.6 Å². The first-order valence-corrected chi connectivity index (χ1v) is 12.1. The van der Waals surface area contributed by atoms with Gasteiger partial charge in [0.2, 0.25) is 11.8 Å². The number of morpholine rings is 1. The summed E-state index contributed by atoms with van der Waals surface area (Å²) < 4.78 is 12.1. The van der Waals surface area contributed by atoms with Gasteiger partial charge in [-0.1, -0.05) is 47.5 Å². The molecule has 4 atom stereocenters. The number of carboxylic acids is 1. The minimum Gasteiger partial charge on any atom is -0.481 e. The van der Waals surface area contributed by atoms with Gasteiger partial charge in [-0.05, 0) is 54.2 Å². The fourth-order valence-electron chi connectivity index (χ4n) is 4.69. The van der Waals surface area contributed by atoms with Crippen molar-refractivity contribution in [3.8, 4) is 0 Å². The van der Waals surface area contributed by atoms with Crippen LogP contribution in [0.3, 0.4) is 0 Å². The standard InChI is InChI=1S/C25H23Cl2N3O5/c1-13-28-29-24(34-13)22(15-5-6-15)30-21(14-7-9-17(26)10-8-14)23(16-3-2-4-18(27)11-16)35-19(25(30)33)12-20(31)32/h2-4,7-11,15,19,21-23H,5-6,12H2,1H3,(H,31,32). The van der Waals surface area contributed by atoms with E-state index in [1.54, 1.807) is 42.2 Å². The quantitative estimate of drug-likeness (QED) is 0.453. The fourth-order valence-corrected chi connectivity index (χ4v) is 5.02. The Morgan fingerprint density at radius 2 is 1.86 bits per heavy atom. The van der Waals surface area contributed by atoms with Gasteiger partial charge in [0.1, 0.15) is 18.2 Å². The van der Waals surface area contributed by atoms with E-state index in [-0.39, 0.29) is 5.92 Å². The van der Waals surface area contributed by atoms with Gasteiger partial charge in [-0.2, -0.15) is 0 Å². The molecule has 1 amide bonds. The van der Waals surface area contributed by atoms with E-state index in [0.29, 0.717) is 21.8 Å². The van der Waals surface area contributed by atoms with Gasteiger partial charge in [0.15, 0.2) is 0 Å². The summed E-state index contributed by atoms with van der Waals surface area (Å²) in [5.41, 5.74) is 1.50. The maximum absolute atomic E-state index is 13.9. The molecular formula is C25H23Cl2N3O5. The van der Waals surface area contributed by atoms with Gasteiger partial charge in [0.25, 0.3) is 5.91 Å². The predicted molar refractivity (Wildman–Crippen MR) is 127 cm³/mol. The molecule has 1 N–H and O–H groups in total. The number of amides is 1. The monoisotopic (exact) mass is 515 g/mol. The number of nitrogens with zero attached hydrogens (tertiary/aromatic N) is 3. The van der Waals surface area contributed by atoms with E-state index >= 15 is 0 Å². The third-order valence-electron chi connectivity index (χ3n) is 6.34. The van der Waals surface area contributed by atoms with Crippen LogP contribution in [-0.4, -0.2) is 38.2 Å². The Morgan fingerprint density at radius 1 is 1.11 bits per heavy atom. The average Bonchev–Trinajstić information content (AvgIpc) is 3.56. The Hall–Kier alpha value is -2.94. The lowest BCUT2D eigenvalue weighted by atomic mass is 9.89. The Kier molecular flexibility index (Phi) is 6.53. The van der Waals surface area contributed by atoms with Crippen molar-refractivity contribution in [3.63, 3.8) is 0 Å². The zero-order chi connectivity index (χ0) is 24.7. The SMILES string of the molecule is Cc1nnc(C(C2CC2)N2C(=O)C(CC(=O)O)OC(c3cccc(Cl)c3)C2c2ccc(Cl)cc2)o1. The second-order valence-corrected chi connectivity index (χ2v) is 9.75. The molecule has 0 bridgehead atoms. The van der Waals surface area contributed by atoms with Crippen molar-refractivity contribution in [2.24, 2.45) is 5.92 Å². The van der Waals surface area contributed by atoms with Crippen LogP contribution in [0.1, 0.15) is 60.4 Å². The number of carboxylic acid groups (broad SMARTS) is 1. The first-order valence-electron chi connectivity index (χ1n) is 11.3. The molecule has 4 unspecified atom stereocenters. The van der Waals surface area contributed by atoms with Gasteiger partial charge < -0.3 is 19.2 Å². The zero-order valence-electron chi connectivity index (χ0n) is 18.8. The van der Waals surface area contributed by atoms with E-state index in [2.05, 4.69) is 10.2 Å². The van der Waals surface area contributed by atoms with Gasteiger partial charge in [-0.25, -0.2) is 0 Å². The third-order valence-corrected chi connectivity index (χ3v) is 6.83. The molecule has 1 aromatic heterocycles. The van der Waals surface area contributed by atoms with Crippen molar-refractivity contribution in [2.45, 2.75) is 50.5 Å². The molecule has 0 spiro atoms. The van der Waals surface area contributed by atoms with E-state index in [1.165, 1.54) is 0 Å². The maximum atomic E-state index is 13.9. The summed E-state index contributed by atoms with van der Waals surface area (Å²) in [5.74, 6) is -0.730. The predicted octanol–water partition coefficient (Wildman–Crippen LogP) is 5.32. The lowest BCUT2D eigenvalue weighted by Crippen LogP contribution is -2.53. The molecule has 3 aromatic rings. The molecule has 1 aliphatic carbocycles. The number of rotatable bonds is 7. The number of aliphatic carboxylic acids is 1. The van der Waals surface area contributed by atoms with Crippen LogP contribution in [0.5, 0.6) is 0 Å². The highest BCUT2D eigenvalue weighted by Crippen LogP contribution is 2.52. The van der Waals surface area contributed by atoms with Crippen LogP contribution < -0.4 is 0 Å². The second kappa shape index (κ2) is 9.60. The number of halogens is 2. The summed E-state index contributed by atoms with van der Waals surface area (Å²) in [7, 11) is 0. The van der Waals surface area contributed by atoms with Crippen LogP contribution in [0, 0.1) is 12.8 Å². The molecule has 2 aliphatic rings. The van der Waals surface area contributed by atoms with Crippen LogP contribution in [0.15, 0.2) is 52.9 Å². The first kappa shape index (κ1) is 23.8. The first-order chi connectivity index (χ1) is 16.8. The Labute approximate surface area is 211 Å². The van der Waals surface area contributed by atoms with E-state index in [9.17, 15) is 14.7 Å². The fraction of sp³-hybridized carbons (Fsp3) is 0.360. The molecule has 1 aliphatic heterocycles. The Morgan fingerprint density at radius 3 is 2.46 bits per heavy atom. The number of aryl methyl sites for hydroxylation is 1. The molecule has 2 aromatic carbocycles. The molecule has 10 heteroatoms. The Bertz CT molecular complexity index is 1240. The molecule has 182 valence electrons. The molecule has 8 nitrogen and oxygen atoms in total. The number of benzene rings is 2. The Balaban J connectivity index is 1.69. The molecule has 1 saturated heterocycles. The molecule has 2 heterocycles. The molecular weight excluding hydrogens is 493 g/mol. The lowest BCUT2D eigenvalue weighted by Gasteiger charge is -2.47. The molecule has 2 fully saturated rings. The zero-order valence-corrected chi connectivity index (χ0v) is 20.3. The number of ether oxygens (including phenoxy) is 1. The number of carbonyl (C=O) groups excluding carboxylic acids is 1. The maximum Gasteiger partial charge on any atom is 0.306 e. The van der Waals surface area contributed by atoms with Crippen LogP contribution in [0.4, 0.5) is 0 Å². The summed E-state index contributed by atoms with van der Waals surface area (Å²) >= 11 is 12.5.